The molecule has 3 aromatic rings. The Morgan fingerprint density at radius 3 is 1.22 bits per heavy atom. The third-order valence-corrected chi connectivity index (χ3v) is 4.40. The van der Waals surface area contributed by atoms with Crippen molar-refractivity contribution in [2.45, 2.75) is 24.9 Å². The fourth-order valence-corrected chi connectivity index (χ4v) is 3.46. The highest BCUT2D eigenvalue weighted by atomic mass is 16.3. The minimum absolute atomic E-state index is 0.349. The number of aliphatic hydroxyl groups excluding tert-OH is 1. The highest BCUT2D eigenvalue weighted by Crippen LogP contribution is 2.42. The van der Waals surface area contributed by atoms with Crippen LogP contribution in [0.5, 0.6) is 0 Å². The lowest BCUT2D eigenvalue weighted by Gasteiger charge is -2.37. The number of benzene rings is 3. The summed E-state index contributed by atoms with van der Waals surface area (Å²) in [6, 6.07) is 31.4. The first kappa shape index (κ1) is 15.5. The van der Waals surface area contributed by atoms with Crippen molar-refractivity contribution in [3.05, 3.63) is 108 Å². The lowest BCUT2D eigenvalue weighted by molar-refractivity contribution is 0.166. The molecule has 0 aliphatic heterocycles. The molecule has 0 saturated carbocycles. The second kappa shape index (κ2) is 6.80. The third-order valence-electron chi connectivity index (χ3n) is 4.40. The molecule has 0 spiro atoms. The molecule has 116 valence electrons. The van der Waals surface area contributed by atoms with Gasteiger partial charge in [-0.3, -0.25) is 0 Å². The standard InChI is InChI=1S/C22H22O/c1-18(23)17-22(19-11-5-2-6-12-19,20-13-7-3-8-14-20)21-15-9-4-10-16-21/h2-16,18,23H,17H2,1H3. The van der Waals surface area contributed by atoms with Crippen LogP contribution in [0.15, 0.2) is 91.0 Å². The maximum absolute atomic E-state index is 10.3. The molecule has 0 aliphatic carbocycles. The van der Waals surface area contributed by atoms with Crippen LogP contribution in [0, 0.1) is 0 Å². The molecule has 0 aliphatic rings. The molecule has 3 rings (SSSR count). The Labute approximate surface area is 138 Å². The van der Waals surface area contributed by atoms with Crippen LogP contribution in [-0.2, 0) is 5.41 Å². The van der Waals surface area contributed by atoms with Gasteiger partial charge in [-0.1, -0.05) is 91.0 Å². The van der Waals surface area contributed by atoms with Gasteiger partial charge in [-0.15, -0.1) is 0 Å². The van der Waals surface area contributed by atoms with E-state index in [9.17, 15) is 5.11 Å². The average molecular weight is 302 g/mol. The molecule has 1 heteroatoms. The van der Waals surface area contributed by atoms with Crippen LogP contribution in [0.25, 0.3) is 0 Å². The Morgan fingerprint density at radius 2 is 0.957 bits per heavy atom. The summed E-state index contributed by atoms with van der Waals surface area (Å²) in [5.74, 6) is 0. The fourth-order valence-electron chi connectivity index (χ4n) is 3.46. The van der Waals surface area contributed by atoms with Crippen molar-refractivity contribution in [3.8, 4) is 0 Å². The van der Waals surface area contributed by atoms with Crippen molar-refractivity contribution >= 4 is 0 Å². The van der Waals surface area contributed by atoms with Gasteiger partial charge in [0, 0.05) is 5.41 Å². The van der Waals surface area contributed by atoms with Gasteiger partial charge in [-0.25, -0.2) is 0 Å². The molecule has 1 N–H and O–H groups in total. The summed E-state index contributed by atoms with van der Waals surface area (Å²) in [4.78, 5) is 0. The molecule has 1 unspecified atom stereocenters. The summed E-state index contributed by atoms with van der Waals surface area (Å²) in [6.45, 7) is 1.86. The van der Waals surface area contributed by atoms with Crippen molar-refractivity contribution in [1.29, 1.82) is 0 Å². The van der Waals surface area contributed by atoms with E-state index in [-0.39, 0.29) is 5.41 Å². The van der Waals surface area contributed by atoms with Gasteiger partial charge in [0.1, 0.15) is 0 Å². The van der Waals surface area contributed by atoms with Crippen LogP contribution >= 0.6 is 0 Å². The number of rotatable bonds is 5. The Kier molecular flexibility index (Phi) is 4.59. The van der Waals surface area contributed by atoms with E-state index < -0.39 is 6.10 Å². The van der Waals surface area contributed by atoms with Gasteiger partial charge in [0.2, 0.25) is 0 Å². The van der Waals surface area contributed by atoms with Crippen LogP contribution in [-0.4, -0.2) is 11.2 Å². The largest absolute Gasteiger partial charge is 0.393 e. The lowest BCUT2D eigenvalue weighted by atomic mass is 9.66. The van der Waals surface area contributed by atoms with E-state index in [1.54, 1.807) is 0 Å². The van der Waals surface area contributed by atoms with E-state index in [1.165, 1.54) is 16.7 Å². The molecule has 3 aromatic carbocycles. The zero-order valence-electron chi connectivity index (χ0n) is 13.4. The number of aliphatic hydroxyl groups is 1. The van der Waals surface area contributed by atoms with Crippen LogP contribution in [0.1, 0.15) is 30.0 Å². The quantitative estimate of drug-likeness (QED) is 0.672. The van der Waals surface area contributed by atoms with Crippen molar-refractivity contribution in [1.82, 2.24) is 0 Å². The minimum Gasteiger partial charge on any atom is -0.393 e. The van der Waals surface area contributed by atoms with Gasteiger partial charge < -0.3 is 5.11 Å². The monoisotopic (exact) mass is 302 g/mol. The molecule has 0 heterocycles. The Balaban J connectivity index is 2.30. The topological polar surface area (TPSA) is 20.2 Å². The van der Waals surface area contributed by atoms with E-state index in [0.717, 1.165) is 0 Å². The zero-order chi connectivity index (χ0) is 16.1. The molecule has 0 saturated heterocycles. The summed E-state index contributed by atoms with van der Waals surface area (Å²) in [5.41, 5.74) is 3.27. The maximum Gasteiger partial charge on any atom is 0.0527 e. The molecule has 0 aromatic heterocycles. The fraction of sp³-hybridized carbons (Fsp3) is 0.182. The molecule has 1 nitrogen and oxygen atoms in total. The van der Waals surface area contributed by atoms with Crippen LogP contribution in [0.3, 0.4) is 0 Å². The second-order valence-electron chi connectivity index (χ2n) is 6.06. The minimum atomic E-state index is -0.407. The summed E-state index contributed by atoms with van der Waals surface area (Å²) in [7, 11) is 0. The van der Waals surface area contributed by atoms with E-state index in [2.05, 4.69) is 72.8 Å². The van der Waals surface area contributed by atoms with Crippen molar-refractivity contribution in [2.24, 2.45) is 0 Å². The van der Waals surface area contributed by atoms with E-state index in [1.807, 2.05) is 25.1 Å². The molecule has 0 bridgehead atoms. The van der Waals surface area contributed by atoms with Gasteiger partial charge in [-0.05, 0) is 30.0 Å². The Bertz CT molecular complexity index is 621. The average Bonchev–Trinajstić information content (AvgIpc) is 2.62. The van der Waals surface area contributed by atoms with Gasteiger partial charge in [0.05, 0.1) is 6.10 Å². The van der Waals surface area contributed by atoms with E-state index >= 15 is 0 Å². The SMILES string of the molecule is CC(O)CC(c1ccccc1)(c1ccccc1)c1ccccc1. The molecular formula is C22H22O. The first-order chi connectivity index (χ1) is 11.2. The van der Waals surface area contributed by atoms with Gasteiger partial charge in [0.15, 0.2) is 0 Å². The number of hydrogen-bond donors (Lipinski definition) is 1. The predicted molar refractivity (Wildman–Crippen MR) is 95.5 cm³/mol. The summed E-state index contributed by atoms with van der Waals surface area (Å²) < 4.78 is 0. The van der Waals surface area contributed by atoms with E-state index in [0.29, 0.717) is 6.42 Å². The molecule has 23 heavy (non-hydrogen) atoms. The van der Waals surface area contributed by atoms with Crippen LogP contribution in [0.2, 0.25) is 0 Å². The molecule has 0 radical (unpaired) electrons. The van der Waals surface area contributed by atoms with Crippen molar-refractivity contribution in [3.63, 3.8) is 0 Å². The Hall–Kier alpha value is -2.38. The van der Waals surface area contributed by atoms with Crippen molar-refractivity contribution < 1.29 is 5.11 Å². The van der Waals surface area contributed by atoms with E-state index in [4.69, 9.17) is 0 Å². The van der Waals surface area contributed by atoms with Crippen molar-refractivity contribution in [2.75, 3.05) is 0 Å². The summed E-state index contributed by atoms with van der Waals surface area (Å²) in [6.07, 6.45) is 0.237. The van der Waals surface area contributed by atoms with Gasteiger partial charge in [-0.2, -0.15) is 0 Å². The Morgan fingerprint density at radius 1 is 0.652 bits per heavy atom. The first-order valence-electron chi connectivity index (χ1n) is 8.08. The van der Waals surface area contributed by atoms with Crippen LogP contribution in [0.4, 0.5) is 0 Å². The smallest absolute Gasteiger partial charge is 0.0527 e. The lowest BCUT2D eigenvalue weighted by Crippen LogP contribution is -2.33. The highest BCUT2D eigenvalue weighted by molar-refractivity contribution is 5.50. The molecule has 0 fully saturated rings. The van der Waals surface area contributed by atoms with Crippen LogP contribution < -0.4 is 0 Å². The molecule has 1 atom stereocenters. The molecular weight excluding hydrogens is 280 g/mol. The number of hydrogen-bond acceptors (Lipinski definition) is 1. The predicted octanol–water partition coefficient (Wildman–Crippen LogP) is 4.79. The zero-order valence-corrected chi connectivity index (χ0v) is 13.4. The summed E-state index contributed by atoms with van der Waals surface area (Å²) in [5, 5.41) is 10.3. The molecule has 0 amide bonds. The summed E-state index contributed by atoms with van der Waals surface area (Å²) >= 11 is 0. The van der Waals surface area contributed by atoms with Gasteiger partial charge >= 0.3 is 0 Å². The highest BCUT2D eigenvalue weighted by Gasteiger charge is 2.37. The second-order valence-corrected chi connectivity index (χ2v) is 6.06. The van der Waals surface area contributed by atoms with Gasteiger partial charge in [0.25, 0.3) is 0 Å². The third kappa shape index (κ3) is 3.06. The normalized spacial score (nSPS) is 12.8. The first-order valence-corrected chi connectivity index (χ1v) is 8.08. The maximum atomic E-state index is 10.3.